The molecule has 17 heavy (non-hydrogen) atoms. The second kappa shape index (κ2) is 6.23. The number of hydrogen-bond donors (Lipinski definition) is 0. The summed E-state index contributed by atoms with van der Waals surface area (Å²) in [4.78, 5) is 0. The standard InChI is InChI=1S/C17H30/c1-9-10-11-12-14(2)15(17(6,7)8)13-16(3,4)5/h9-12,15H,1,13H2,2-8H3/b11-10-,14-12+. The Hall–Kier alpha value is -0.780. The van der Waals surface area contributed by atoms with E-state index in [1.54, 1.807) is 0 Å². The molecule has 0 aliphatic rings. The van der Waals surface area contributed by atoms with Gasteiger partial charge < -0.3 is 0 Å². The first-order valence-corrected chi connectivity index (χ1v) is 6.54. The molecule has 0 aliphatic carbocycles. The van der Waals surface area contributed by atoms with Gasteiger partial charge in [-0.05, 0) is 30.1 Å². The molecule has 0 fully saturated rings. The first-order chi connectivity index (χ1) is 7.58. The molecule has 1 unspecified atom stereocenters. The van der Waals surface area contributed by atoms with Gasteiger partial charge >= 0.3 is 0 Å². The van der Waals surface area contributed by atoms with E-state index in [2.05, 4.69) is 67.2 Å². The van der Waals surface area contributed by atoms with Crippen LogP contribution in [0.1, 0.15) is 54.9 Å². The van der Waals surface area contributed by atoms with Gasteiger partial charge in [-0.15, -0.1) is 0 Å². The zero-order valence-corrected chi connectivity index (χ0v) is 12.8. The smallest absolute Gasteiger partial charge is 0.0149 e. The zero-order chi connectivity index (χ0) is 13.7. The van der Waals surface area contributed by atoms with Crippen molar-refractivity contribution in [2.75, 3.05) is 0 Å². The van der Waals surface area contributed by atoms with Crippen molar-refractivity contribution in [1.29, 1.82) is 0 Å². The summed E-state index contributed by atoms with van der Waals surface area (Å²) in [5, 5.41) is 0. The van der Waals surface area contributed by atoms with Crippen LogP contribution < -0.4 is 0 Å². The van der Waals surface area contributed by atoms with Crippen molar-refractivity contribution in [2.45, 2.75) is 54.9 Å². The molecular weight excluding hydrogens is 204 g/mol. The van der Waals surface area contributed by atoms with Crippen LogP contribution in [-0.4, -0.2) is 0 Å². The molecule has 0 aromatic carbocycles. The molecule has 0 nitrogen and oxygen atoms in total. The van der Waals surface area contributed by atoms with Crippen LogP contribution in [0.5, 0.6) is 0 Å². The average molecular weight is 234 g/mol. The minimum absolute atomic E-state index is 0.315. The summed E-state index contributed by atoms with van der Waals surface area (Å²) in [5.41, 5.74) is 2.15. The second-order valence-electron chi connectivity index (χ2n) is 7.21. The Labute approximate surface area is 109 Å². The third kappa shape index (κ3) is 7.20. The van der Waals surface area contributed by atoms with Gasteiger partial charge in [-0.1, -0.05) is 78.0 Å². The lowest BCUT2D eigenvalue weighted by Gasteiger charge is -2.36. The predicted octanol–water partition coefficient (Wildman–Crippen LogP) is 5.77. The Kier molecular flexibility index (Phi) is 5.95. The summed E-state index contributed by atoms with van der Waals surface area (Å²) >= 11 is 0. The van der Waals surface area contributed by atoms with Crippen LogP contribution in [0.3, 0.4) is 0 Å². The lowest BCUT2D eigenvalue weighted by Crippen LogP contribution is -2.26. The molecule has 0 radical (unpaired) electrons. The minimum Gasteiger partial charge on any atom is -0.0991 e. The van der Waals surface area contributed by atoms with E-state index in [0.29, 0.717) is 16.7 Å². The van der Waals surface area contributed by atoms with Gasteiger partial charge in [0.25, 0.3) is 0 Å². The van der Waals surface area contributed by atoms with Crippen LogP contribution in [0.2, 0.25) is 0 Å². The molecule has 0 bridgehead atoms. The third-order valence-electron chi connectivity index (χ3n) is 3.02. The lowest BCUT2D eigenvalue weighted by molar-refractivity contribution is 0.196. The van der Waals surface area contributed by atoms with Crippen LogP contribution in [-0.2, 0) is 0 Å². The molecule has 98 valence electrons. The fourth-order valence-electron chi connectivity index (χ4n) is 2.16. The monoisotopic (exact) mass is 234 g/mol. The summed E-state index contributed by atoms with van der Waals surface area (Å²) in [6, 6.07) is 0. The van der Waals surface area contributed by atoms with Crippen LogP contribution in [0.4, 0.5) is 0 Å². The SMILES string of the molecule is C=C/C=C\C=C(/C)C(CC(C)(C)C)C(C)(C)C. The van der Waals surface area contributed by atoms with Gasteiger partial charge in [0.15, 0.2) is 0 Å². The Morgan fingerprint density at radius 3 is 1.94 bits per heavy atom. The highest BCUT2D eigenvalue weighted by atomic mass is 14.3. The van der Waals surface area contributed by atoms with E-state index >= 15 is 0 Å². The molecule has 0 aromatic heterocycles. The highest BCUT2D eigenvalue weighted by Crippen LogP contribution is 2.40. The molecule has 0 saturated carbocycles. The molecule has 0 saturated heterocycles. The van der Waals surface area contributed by atoms with Gasteiger partial charge in [0.1, 0.15) is 0 Å². The lowest BCUT2D eigenvalue weighted by atomic mass is 9.69. The maximum Gasteiger partial charge on any atom is -0.0149 e. The van der Waals surface area contributed by atoms with E-state index in [1.807, 2.05) is 12.2 Å². The molecular formula is C17H30. The second-order valence-corrected chi connectivity index (χ2v) is 7.21. The Morgan fingerprint density at radius 1 is 1.06 bits per heavy atom. The van der Waals surface area contributed by atoms with Gasteiger partial charge in [0.05, 0.1) is 0 Å². The van der Waals surface area contributed by atoms with Crippen molar-refractivity contribution in [1.82, 2.24) is 0 Å². The van der Waals surface area contributed by atoms with Gasteiger partial charge in [0, 0.05) is 0 Å². The molecule has 0 aromatic rings. The fourth-order valence-corrected chi connectivity index (χ4v) is 2.16. The van der Waals surface area contributed by atoms with Crippen molar-refractivity contribution in [3.05, 3.63) is 36.5 Å². The molecule has 0 aliphatic heterocycles. The maximum atomic E-state index is 3.69. The van der Waals surface area contributed by atoms with Gasteiger partial charge in [-0.3, -0.25) is 0 Å². The van der Waals surface area contributed by atoms with Crippen LogP contribution >= 0.6 is 0 Å². The summed E-state index contributed by atoms with van der Waals surface area (Å²) in [6.07, 6.45) is 9.34. The molecule has 0 heteroatoms. The average Bonchev–Trinajstić information content (AvgIpc) is 2.11. The third-order valence-corrected chi connectivity index (χ3v) is 3.02. The summed E-state index contributed by atoms with van der Waals surface area (Å²) in [6.45, 7) is 19.9. The normalized spacial score (nSPS) is 16.3. The van der Waals surface area contributed by atoms with Crippen LogP contribution in [0, 0.1) is 16.7 Å². The van der Waals surface area contributed by atoms with Crippen molar-refractivity contribution in [2.24, 2.45) is 16.7 Å². The molecule has 0 heterocycles. The first-order valence-electron chi connectivity index (χ1n) is 6.54. The van der Waals surface area contributed by atoms with Crippen molar-refractivity contribution >= 4 is 0 Å². The number of rotatable bonds is 4. The Bertz CT molecular complexity index is 289. The van der Waals surface area contributed by atoms with E-state index in [0.717, 1.165) is 0 Å². The predicted molar refractivity (Wildman–Crippen MR) is 80.1 cm³/mol. The zero-order valence-electron chi connectivity index (χ0n) is 12.8. The molecule has 0 rings (SSSR count). The minimum atomic E-state index is 0.315. The first kappa shape index (κ1) is 16.2. The Morgan fingerprint density at radius 2 is 1.59 bits per heavy atom. The van der Waals surface area contributed by atoms with Gasteiger partial charge in [0.2, 0.25) is 0 Å². The van der Waals surface area contributed by atoms with Gasteiger partial charge in [-0.25, -0.2) is 0 Å². The number of allylic oxidation sites excluding steroid dienone is 5. The van der Waals surface area contributed by atoms with E-state index < -0.39 is 0 Å². The topological polar surface area (TPSA) is 0 Å². The summed E-state index contributed by atoms with van der Waals surface area (Å²) < 4.78 is 0. The van der Waals surface area contributed by atoms with E-state index in [9.17, 15) is 0 Å². The molecule has 0 spiro atoms. The fraction of sp³-hybridized carbons (Fsp3) is 0.647. The summed E-state index contributed by atoms with van der Waals surface area (Å²) in [5.74, 6) is 0.622. The van der Waals surface area contributed by atoms with Crippen molar-refractivity contribution in [3.8, 4) is 0 Å². The van der Waals surface area contributed by atoms with E-state index in [1.165, 1.54) is 12.0 Å². The molecule has 0 amide bonds. The maximum absolute atomic E-state index is 3.69. The van der Waals surface area contributed by atoms with Gasteiger partial charge in [-0.2, -0.15) is 0 Å². The van der Waals surface area contributed by atoms with Crippen LogP contribution in [0.25, 0.3) is 0 Å². The number of hydrogen-bond acceptors (Lipinski definition) is 0. The van der Waals surface area contributed by atoms with E-state index in [-0.39, 0.29) is 0 Å². The highest BCUT2D eigenvalue weighted by molar-refractivity contribution is 5.18. The largest absolute Gasteiger partial charge is 0.0991 e. The molecule has 0 N–H and O–H groups in total. The Balaban J connectivity index is 5.00. The van der Waals surface area contributed by atoms with Crippen molar-refractivity contribution < 1.29 is 0 Å². The van der Waals surface area contributed by atoms with Crippen LogP contribution in [0.15, 0.2) is 36.5 Å². The highest BCUT2D eigenvalue weighted by Gasteiger charge is 2.29. The summed E-state index contributed by atoms with van der Waals surface area (Å²) in [7, 11) is 0. The quantitative estimate of drug-likeness (QED) is 0.541. The van der Waals surface area contributed by atoms with Crippen molar-refractivity contribution in [3.63, 3.8) is 0 Å². The van der Waals surface area contributed by atoms with E-state index in [4.69, 9.17) is 0 Å². The molecule has 1 atom stereocenters.